The van der Waals surface area contributed by atoms with Crippen molar-refractivity contribution < 1.29 is 14.3 Å². The minimum absolute atomic E-state index is 0.0919. The lowest BCUT2D eigenvalue weighted by Gasteiger charge is -2.14. The summed E-state index contributed by atoms with van der Waals surface area (Å²) >= 11 is 12.1. The lowest BCUT2D eigenvalue weighted by molar-refractivity contribution is -0.112. The minimum atomic E-state index is -0.551. The van der Waals surface area contributed by atoms with Gasteiger partial charge in [-0.15, -0.1) is 0 Å². The molecule has 0 saturated carbocycles. The second-order valence-electron chi connectivity index (χ2n) is 6.39. The number of nitrogens with zero attached hydrogens (tertiary/aromatic N) is 1. The first-order valence-corrected chi connectivity index (χ1v) is 9.99. The Kier molecular flexibility index (Phi) is 7.55. The number of benzene rings is 3. The topological polar surface area (TPSA) is 71.3 Å². The highest BCUT2D eigenvalue weighted by Gasteiger charge is 2.15. The maximum atomic E-state index is 12.6. The molecule has 0 atom stereocenters. The zero-order valence-electron chi connectivity index (χ0n) is 16.6. The molecule has 0 radical (unpaired) electrons. The number of rotatable bonds is 7. The minimum Gasteiger partial charge on any atom is -0.493 e. The highest BCUT2D eigenvalue weighted by molar-refractivity contribution is 6.31. The summed E-state index contributed by atoms with van der Waals surface area (Å²) in [4.78, 5) is 12.6. The van der Waals surface area contributed by atoms with Crippen molar-refractivity contribution in [2.75, 3.05) is 12.4 Å². The molecule has 0 aliphatic rings. The van der Waals surface area contributed by atoms with Crippen LogP contribution in [0.25, 0.3) is 6.08 Å². The van der Waals surface area contributed by atoms with E-state index in [9.17, 15) is 10.1 Å². The molecule has 0 aromatic heterocycles. The number of methoxy groups -OCH3 is 1. The van der Waals surface area contributed by atoms with Gasteiger partial charge in [0, 0.05) is 26.9 Å². The molecule has 0 unspecified atom stereocenters. The van der Waals surface area contributed by atoms with Gasteiger partial charge in [-0.3, -0.25) is 4.79 Å². The van der Waals surface area contributed by atoms with E-state index in [-0.39, 0.29) is 12.2 Å². The maximum absolute atomic E-state index is 12.6. The third kappa shape index (κ3) is 5.79. The van der Waals surface area contributed by atoms with E-state index in [2.05, 4.69) is 5.32 Å². The maximum Gasteiger partial charge on any atom is 0.266 e. The number of para-hydroxylation sites is 1. The van der Waals surface area contributed by atoms with E-state index >= 15 is 0 Å². The molecular weight excluding hydrogens is 435 g/mol. The molecule has 156 valence electrons. The van der Waals surface area contributed by atoms with Crippen LogP contribution in [-0.4, -0.2) is 13.0 Å². The first kappa shape index (κ1) is 22.2. The van der Waals surface area contributed by atoms with E-state index in [0.29, 0.717) is 32.8 Å². The Morgan fingerprint density at radius 2 is 1.81 bits per heavy atom. The van der Waals surface area contributed by atoms with Gasteiger partial charge in [0.25, 0.3) is 5.91 Å². The Morgan fingerprint density at radius 1 is 1.06 bits per heavy atom. The fourth-order valence-electron chi connectivity index (χ4n) is 2.76. The molecule has 1 amide bonds. The average molecular weight is 453 g/mol. The molecule has 0 saturated heterocycles. The first-order valence-electron chi connectivity index (χ1n) is 9.23. The van der Waals surface area contributed by atoms with Crippen LogP contribution < -0.4 is 14.8 Å². The van der Waals surface area contributed by atoms with Gasteiger partial charge in [-0.05, 0) is 42.5 Å². The fourth-order valence-corrected chi connectivity index (χ4v) is 3.08. The summed E-state index contributed by atoms with van der Waals surface area (Å²) in [6.07, 6.45) is 1.45. The number of hydrogen-bond donors (Lipinski definition) is 1. The molecule has 3 aromatic carbocycles. The number of ether oxygens (including phenoxy) is 2. The summed E-state index contributed by atoms with van der Waals surface area (Å²) in [5, 5.41) is 13.4. The van der Waals surface area contributed by atoms with Crippen molar-refractivity contribution in [1.82, 2.24) is 0 Å². The van der Waals surface area contributed by atoms with Crippen molar-refractivity contribution in [2.24, 2.45) is 0 Å². The van der Waals surface area contributed by atoms with E-state index in [1.54, 1.807) is 48.5 Å². The Morgan fingerprint density at radius 3 is 2.48 bits per heavy atom. The molecule has 3 aromatic rings. The highest BCUT2D eigenvalue weighted by atomic mass is 35.5. The molecule has 0 spiro atoms. The molecule has 0 bridgehead atoms. The van der Waals surface area contributed by atoms with Gasteiger partial charge in [0.15, 0.2) is 11.5 Å². The second kappa shape index (κ2) is 10.5. The number of anilines is 1. The van der Waals surface area contributed by atoms with Gasteiger partial charge in [-0.25, -0.2) is 0 Å². The SMILES string of the molecule is COc1cccc(/C=C(\C#N)C(=O)Nc2ccc(Cl)cc2)c1OCc1ccccc1Cl. The number of nitrogens with one attached hydrogen (secondary N) is 1. The van der Waals surface area contributed by atoms with Gasteiger partial charge in [0.1, 0.15) is 18.2 Å². The van der Waals surface area contributed by atoms with E-state index in [1.807, 2.05) is 24.3 Å². The Labute approximate surface area is 190 Å². The summed E-state index contributed by atoms with van der Waals surface area (Å²) < 4.78 is 11.4. The summed E-state index contributed by atoms with van der Waals surface area (Å²) in [6, 6.07) is 21.1. The normalized spacial score (nSPS) is 10.8. The standard InChI is InChI=1S/C24H18Cl2N2O3/c1-30-22-8-4-6-16(23(22)31-15-17-5-2-3-7-21(17)26)13-18(14-27)24(29)28-20-11-9-19(25)10-12-20/h2-13H,15H2,1H3,(H,28,29)/b18-13+. The number of hydrogen-bond acceptors (Lipinski definition) is 4. The van der Waals surface area contributed by atoms with Gasteiger partial charge >= 0.3 is 0 Å². The molecule has 3 rings (SSSR count). The fraction of sp³-hybridized carbons (Fsp3) is 0.0833. The van der Waals surface area contributed by atoms with Crippen molar-refractivity contribution in [1.29, 1.82) is 5.26 Å². The van der Waals surface area contributed by atoms with Crippen LogP contribution in [0.1, 0.15) is 11.1 Å². The molecule has 0 fully saturated rings. The van der Waals surface area contributed by atoms with Crippen molar-refractivity contribution >= 4 is 40.9 Å². The van der Waals surface area contributed by atoms with E-state index < -0.39 is 5.91 Å². The van der Waals surface area contributed by atoms with Crippen LogP contribution in [0.4, 0.5) is 5.69 Å². The third-order valence-corrected chi connectivity index (χ3v) is 4.95. The largest absolute Gasteiger partial charge is 0.493 e. The molecule has 0 heterocycles. The molecule has 0 aliphatic carbocycles. The zero-order chi connectivity index (χ0) is 22.2. The van der Waals surface area contributed by atoms with Crippen LogP contribution >= 0.6 is 23.2 Å². The van der Waals surface area contributed by atoms with Crippen molar-refractivity contribution in [3.05, 3.63) is 93.5 Å². The van der Waals surface area contributed by atoms with Gasteiger partial charge in [-0.2, -0.15) is 5.26 Å². The van der Waals surface area contributed by atoms with Gasteiger partial charge in [0.2, 0.25) is 0 Å². The number of carbonyl (C=O) groups excluding carboxylic acids is 1. The smallest absolute Gasteiger partial charge is 0.266 e. The van der Waals surface area contributed by atoms with Crippen molar-refractivity contribution in [3.63, 3.8) is 0 Å². The van der Waals surface area contributed by atoms with Crippen LogP contribution in [0, 0.1) is 11.3 Å². The summed E-state index contributed by atoms with van der Waals surface area (Å²) in [6.45, 7) is 0.194. The van der Waals surface area contributed by atoms with Gasteiger partial charge in [-0.1, -0.05) is 53.5 Å². The van der Waals surface area contributed by atoms with E-state index in [0.717, 1.165) is 5.56 Å². The number of amides is 1. The second-order valence-corrected chi connectivity index (χ2v) is 7.23. The van der Waals surface area contributed by atoms with Gasteiger partial charge < -0.3 is 14.8 Å². The monoisotopic (exact) mass is 452 g/mol. The average Bonchev–Trinajstić information content (AvgIpc) is 2.78. The number of halogens is 2. The predicted octanol–water partition coefficient (Wildman–Crippen LogP) is 6.13. The number of carbonyl (C=O) groups is 1. The Bertz CT molecular complexity index is 1150. The predicted molar refractivity (Wildman–Crippen MR) is 122 cm³/mol. The third-order valence-electron chi connectivity index (χ3n) is 4.33. The van der Waals surface area contributed by atoms with Crippen LogP contribution in [0.3, 0.4) is 0 Å². The lowest BCUT2D eigenvalue weighted by Crippen LogP contribution is -2.13. The molecule has 0 aliphatic heterocycles. The lowest BCUT2D eigenvalue weighted by atomic mass is 10.1. The summed E-state index contributed by atoms with van der Waals surface area (Å²) in [7, 11) is 1.52. The summed E-state index contributed by atoms with van der Waals surface area (Å²) in [5.74, 6) is 0.317. The van der Waals surface area contributed by atoms with Gasteiger partial charge in [0.05, 0.1) is 7.11 Å². The Hall–Kier alpha value is -3.46. The van der Waals surface area contributed by atoms with Crippen LogP contribution in [0.2, 0.25) is 10.0 Å². The van der Waals surface area contributed by atoms with E-state index in [4.69, 9.17) is 32.7 Å². The number of nitriles is 1. The molecule has 31 heavy (non-hydrogen) atoms. The quantitative estimate of drug-likeness (QED) is 0.345. The van der Waals surface area contributed by atoms with Crippen molar-refractivity contribution in [3.8, 4) is 17.6 Å². The van der Waals surface area contributed by atoms with Crippen molar-refractivity contribution in [2.45, 2.75) is 6.61 Å². The van der Waals surface area contributed by atoms with Crippen LogP contribution in [0.15, 0.2) is 72.3 Å². The molecular formula is C24H18Cl2N2O3. The molecule has 7 heteroatoms. The first-order chi connectivity index (χ1) is 15.0. The van der Waals surface area contributed by atoms with Crippen LogP contribution in [-0.2, 0) is 11.4 Å². The summed E-state index contributed by atoms with van der Waals surface area (Å²) in [5.41, 5.74) is 1.75. The highest BCUT2D eigenvalue weighted by Crippen LogP contribution is 2.34. The van der Waals surface area contributed by atoms with Crippen LogP contribution in [0.5, 0.6) is 11.5 Å². The molecule has 5 nitrogen and oxygen atoms in total. The molecule has 1 N–H and O–H groups in total. The zero-order valence-corrected chi connectivity index (χ0v) is 18.1. The Balaban J connectivity index is 1.88. The van der Waals surface area contributed by atoms with E-state index in [1.165, 1.54) is 13.2 Å².